The highest BCUT2D eigenvalue weighted by molar-refractivity contribution is 5.94. The van der Waals surface area contributed by atoms with Crippen molar-refractivity contribution in [2.75, 3.05) is 25.5 Å². The second-order valence-electron chi connectivity index (χ2n) is 6.97. The zero-order chi connectivity index (χ0) is 19.4. The maximum absolute atomic E-state index is 13.1. The molecule has 0 spiro atoms. The molecule has 1 N–H and O–H groups in total. The Bertz CT molecular complexity index is 770. The van der Waals surface area contributed by atoms with Gasteiger partial charge in [-0.2, -0.15) is 18.3 Å². The van der Waals surface area contributed by atoms with E-state index in [4.69, 9.17) is 0 Å². The first-order valence-corrected chi connectivity index (χ1v) is 8.87. The van der Waals surface area contributed by atoms with Crippen LogP contribution in [0.3, 0.4) is 0 Å². The number of likely N-dealkylation sites (N-methyl/N-ethyl adjacent to an activating group) is 1. The van der Waals surface area contributed by atoms with Crippen molar-refractivity contribution in [2.45, 2.75) is 31.9 Å². The van der Waals surface area contributed by atoms with E-state index in [1.165, 1.54) is 36.2 Å². The number of amides is 1. The predicted octanol–water partition coefficient (Wildman–Crippen LogP) is 3.35. The third-order valence-corrected chi connectivity index (χ3v) is 4.72. The van der Waals surface area contributed by atoms with E-state index < -0.39 is 11.7 Å². The summed E-state index contributed by atoms with van der Waals surface area (Å²) < 4.78 is 40.5. The minimum atomic E-state index is -4.50. The smallest absolute Gasteiger partial charge is 0.323 e. The van der Waals surface area contributed by atoms with Crippen molar-refractivity contribution in [2.24, 2.45) is 5.92 Å². The first-order valence-electron chi connectivity index (χ1n) is 8.87. The van der Waals surface area contributed by atoms with E-state index in [1.54, 1.807) is 0 Å². The van der Waals surface area contributed by atoms with Gasteiger partial charge in [-0.15, -0.1) is 0 Å². The van der Waals surface area contributed by atoms with Gasteiger partial charge in [0.25, 0.3) is 0 Å². The van der Waals surface area contributed by atoms with E-state index in [0.29, 0.717) is 11.6 Å². The summed E-state index contributed by atoms with van der Waals surface area (Å²) in [6, 6.07) is 3.15. The average molecular weight is 381 g/mol. The Morgan fingerprint density at radius 1 is 1.33 bits per heavy atom. The van der Waals surface area contributed by atoms with Gasteiger partial charge in [0.15, 0.2) is 0 Å². The normalized spacial score (nSPS) is 15.4. The lowest BCUT2D eigenvalue weighted by Gasteiger charge is -2.21. The summed E-state index contributed by atoms with van der Waals surface area (Å²) in [6.07, 6.45) is 2.90. The maximum atomic E-state index is 13.1. The molecule has 0 atom stereocenters. The molecule has 1 amide bonds. The molecule has 1 fully saturated rings. The second-order valence-corrected chi connectivity index (χ2v) is 6.97. The van der Waals surface area contributed by atoms with Crippen LogP contribution < -0.4 is 5.32 Å². The Balaban J connectivity index is 1.74. The molecule has 0 radical (unpaired) electrons. The SMILES string of the molecule is CN(CC(=O)Nc1cc(C(F)(F)F)ccc1-n1cncn1)CC1CCCC1. The van der Waals surface area contributed by atoms with Gasteiger partial charge in [0.1, 0.15) is 12.7 Å². The van der Waals surface area contributed by atoms with Crippen molar-refractivity contribution >= 4 is 11.6 Å². The number of hydrogen-bond acceptors (Lipinski definition) is 4. The number of carbonyl (C=O) groups excluding carboxylic acids is 1. The van der Waals surface area contributed by atoms with Gasteiger partial charge in [0.05, 0.1) is 23.5 Å². The average Bonchev–Trinajstić information content (AvgIpc) is 3.27. The van der Waals surface area contributed by atoms with Crippen molar-refractivity contribution < 1.29 is 18.0 Å². The molecule has 0 unspecified atom stereocenters. The van der Waals surface area contributed by atoms with Crippen LogP contribution in [0.2, 0.25) is 0 Å². The van der Waals surface area contributed by atoms with Crippen LogP contribution in [0, 0.1) is 5.92 Å². The number of benzene rings is 1. The molecule has 1 aliphatic rings. The molecular formula is C18H22F3N5O. The van der Waals surface area contributed by atoms with Gasteiger partial charge in [0, 0.05) is 6.54 Å². The third-order valence-electron chi connectivity index (χ3n) is 4.72. The Kier molecular flexibility index (Phi) is 5.79. The van der Waals surface area contributed by atoms with Gasteiger partial charge in [-0.3, -0.25) is 9.69 Å². The molecule has 9 heteroatoms. The van der Waals surface area contributed by atoms with Crippen molar-refractivity contribution in [1.29, 1.82) is 0 Å². The van der Waals surface area contributed by atoms with Crippen molar-refractivity contribution in [3.63, 3.8) is 0 Å². The van der Waals surface area contributed by atoms with Crippen LogP contribution in [-0.2, 0) is 11.0 Å². The molecule has 1 saturated carbocycles. The number of anilines is 1. The summed E-state index contributed by atoms with van der Waals surface area (Å²) in [4.78, 5) is 18.1. The third kappa shape index (κ3) is 5.06. The molecule has 146 valence electrons. The Labute approximate surface area is 155 Å². The van der Waals surface area contributed by atoms with E-state index in [0.717, 1.165) is 31.5 Å². The number of rotatable bonds is 6. The highest BCUT2D eigenvalue weighted by Gasteiger charge is 2.31. The standard InChI is InChI=1S/C18H22F3N5O/c1-25(9-13-4-2-3-5-13)10-17(27)24-15-8-14(18(19,20)21)6-7-16(15)26-12-22-11-23-26/h6-8,11-13H,2-5,9-10H2,1H3,(H,24,27). The number of halogens is 3. The Hall–Kier alpha value is -2.42. The summed E-state index contributed by atoms with van der Waals surface area (Å²) in [7, 11) is 1.85. The van der Waals surface area contributed by atoms with Crippen LogP contribution in [0.5, 0.6) is 0 Å². The number of nitrogens with one attached hydrogen (secondary N) is 1. The minimum Gasteiger partial charge on any atom is -0.323 e. The van der Waals surface area contributed by atoms with Gasteiger partial charge >= 0.3 is 6.18 Å². The van der Waals surface area contributed by atoms with E-state index in [2.05, 4.69) is 15.4 Å². The van der Waals surface area contributed by atoms with Crippen LogP contribution in [0.1, 0.15) is 31.2 Å². The fourth-order valence-electron chi connectivity index (χ4n) is 3.48. The first-order chi connectivity index (χ1) is 12.8. The van der Waals surface area contributed by atoms with Crippen molar-refractivity contribution in [1.82, 2.24) is 19.7 Å². The molecule has 0 aliphatic heterocycles. The van der Waals surface area contributed by atoms with Crippen LogP contribution in [0.25, 0.3) is 5.69 Å². The van der Waals surface area contributed by atoms with Crippen LogP contribution >= 0.6 is 0 Å². The van der Waals surface area contributed by atoms with Gasteiger partial charge in [-0.05, 0) is 44.0 Å². The Morgan fingerprint density at radius 3 is 2.70 bits per heavy atom. The minimum absolute atomic E-state index is 0.0505. The lowest BCUT2D eigenvalue weighted by molar-refractivity contribution is -0.137. The molecule has 6 nitrogen and oxygen atoms in total. The monoisotopic (exact) mass is 381 g/mol. The number of aromatic nitrogens is 3. The Morgan fingerprint density at radius 2 is 2.07 bits per heavy atom. The number of hydrogen-bond donors (Lipinski definition) is 1. The van der Waals surface area contributed by atoms with Crippen LogP contribution in [0.15, 0.2) is 30.9 Å². The maximum Gasteiger partial charge on any atom is 0.416 e. The topological polar surface area (TPSA) is 63.1 Å². The highest BCUT2D eigenvalue weighted by atomic mass is 19.4. The van der Waals surface area contributed by atoms with Gasteiger partial charge in [0.2, 0.25) is 5.91 Å². The summed E-state index contributed by atoms with van der Waals surface area (Å²) in [5.74, 6) is 0.221. The zero-order valence-corrected chi connectivity index (χ0v) is 15.0. The molecule has 1 heterocycles. The van der Waals surface area contributed by atoms with E-state index in [-0.39, 0.29) is 18.1 Å². The van der Waals surface area contributed by atoms with Crippen LogP contribution in [0.4, 0.5) is 18.9 Å². The summed E-state index contributed by atoms with van der Waals surface area (Å²) in [5.41, 5.74) is -0.456. The molecule has 0 bridgehead atoms. The first kappa shape index (κ1) is 19.3. The molecular weight excluding hydrogens is 359 g/mol. The van der Waals surface area contributed by atoms with E-state index >= 15 is 0 Å². The highest BCUT2D eigenvalue weighted by Crippen LogP contribution is 2.33. The fraction of sp³-hybridized carbons (Fsp3) is 0.500. The molecule has 3 rings (SSSR count). The summed E-state index contributed by atoms with van der Waals surface area (Å²) in [5, 5.41) is 6.54. The molecule has 2 aromatic rings. The van der Waals surface area contributed by atoms with Gasteiger partial charge in [-0.1, -0.05) is 12.8 Å². The lowest BCUT2D eigenvalue weighted by Crippen LogP contribution is -2.33. The second kappa shape index (κ2) is 8.08. The molecule has 0 saturated heterocycles. The van der Waals surface area contributed by atoms with Crippen LogP contribution in [-0.4, -0.2) is 45.7 Å². The quantitative estimate of drug-likeness (QED) is 0.834. The number of carbonyl (C=O) groups is 1. The van der Waals surface area contributed by atoms with E-state index in [1.807, 2.05) is 11.9 Å². The number of alkyl halides is 3. The summed E-state index contributed by atoms with van der Waals surface area (Å²) in [6.45, 7) is 0.926. The molecule has 27 heavy (non-hydrogen) atoms. The molecule has 1 aromatic carbocycles. The zero-order valence-electron chi connectivity index (χ0n) is 15.0. The fourth-order valence-corrected chi connectivity index (χ4v) is 3.48. The van der Waals surface area contributed by atoms with E-state index in [9.17, 15) is 18.0 Å². The largest absolute Gasteiger partial charge is 0.416 e. The molecule has 1 aromatic heterocycles. The number of nitrogens with zero attached hydrogens (tertiary/aromatic N) is 4. The van der Waals surface area contributed by atoms with Gasteiger partial charge < -0.3 is 5.32 Å². The van der Waals surface area contributed by atoms with Crippen molar-refractivity contribution in [3.05, 3.63) is 36.4 Å². The lowest BCUT2D eigenvalue weighted by atomic mass is 10.1. The molecule has 1 aliphatic carbocycles. The van der Waals surface area contributed by atoms with Crippen molar-refractivity contribution in [3.8, 4) is 5.69 Å². The predicted molar refractivity (Wildman–Crippen MR) is 94.4 cm³/mol. The summed E-state index contributed by atoms with van der Waals surface area (Å²) >= 11 is 0. The van der Waals surface area contributed by atoms with Gasteiger partial charge in [-0.25, -0.2) is 9.67 Å².